The number of nitrogens with one attached hydrogen (secondary N) is 1. The number of hydrogen-bond acceptors (Lipinski definition) is 7. The van der Waals surface area contributed by atoms with E-state index in [9.17, 15) is 13.2 Å². The number of ether oxygens (including phenoxy) is 1. The number of pyridine rings is 1. The van der Waals surface area contributed by atoms with E-state index in [4.69, 9.17) is 4.74 Å². The first-order chi connectivity index (χ1) is 14.6. The van der Waals surface area contributed by atoms with Gasteiger partial charge < -0.3 is 9.30 Å². The topological polar surface area (TPSA) is 121 Å². The molecule has 0 amide bonds. The molecule has 0 spiro atoms. The van der Waals surface area contributed by atoms with Gasteiger partial charge in [-0.25, -0.2) is 8.42 Å². The van der Waals surface area contributed by atoms with Gasteiger partial charge in [-0.1, -0.05) is 13.3 Å². The first-order valence-electron chi connectivity index (χ1n) is 9.84. The predicted octanol–water partition coefficient (Wildman–Crippen LogP) is 2.53. The Bertz CT molecular complexity index is 1260. The van der Waals surface area contributed by atoms with Crippen molar-refractivity contribution in [1.29, 1.82) is 0 Å². The van der Waals surface area contributed by atoms with Gasteiger partial charge in [0.25, 0.3) is 0 Å². The second-order valence-electron chi connectivity index (χ2n) is 7.29. The molecule has 0 fully saturated rings. The fourth-order valence-electron chi connectivity index (χ4n) is 2.95. The molecule has 0 unspecified atom stereocenters. The summed E-state index contributed by atoms with van der Waals surface area (Å²) in [7, 11) is -0.158. The van der Waals surface area contributed by atoms with E-state index in [0.29, 0.717) is 29.1 Å². The van der Waals surface area contributed by atoms with Gasteiger partial charge in [0.2, 0.25) is 15.6 Å². The number of nitrogens with zero attached hydrogens (tertiary/aromatic N) is 5. The van der Waals surface area contributed by atoms with E-state index in [2.05, 4.69) is 19.8 Å². The molecule has 3 aromatic heterocycles. The van der Waals surface area contributed by atoms with E-state index in [1.807, 2.05) is 13.8 Å². The van der Waals surface area contributed by atoms with Crippen molar-refractivity contribution in [2.45, 2.75) is 33.6 Å². The molecule has 10 nitrogen and oxygen atoms in total. The first-order valence-corrected chi connectivity index (χ1v) is 11.5. The molecule has 0 saturated heterocycles. The lowest BCUT2D eigenvalue weighted by molar-refractivity contribution is 0.436. The molecule has 0 aromatic carbocycles. The van der Waals surface area contributed by atoms with Crippen LogP contribution in [0.4, 0.5) is 5.82 Å². The third-order valence-corrected chi connectivity index (χ3v) is 6.10. The summed E-state index contributed by atoms with van der Waals surface area (Å²) in [5, 5.41) is 4.31. The van der Waals surface area contributed by atoms with Crippen LogP contribution in [0.2, 0.25) is 0 Å². The Labute approximate surface area is 181 Å². The van der Waals surface area contributed by atoms with Crippen LogP contribution >= 0.6 is 0 Å². The molecule has 0 atom stereocenters. The summed E-state index contributed by atoms with van der Waals surface area (Å²) < 4.78 is 36.3. The number of sulfonamides is 1. The van der Waals surface area contributed by atoms with Crippen LogP contribution in [0.25, 0.3) is 11.3 Å². The van der Waals surface area contributed by atoms with Crippen LogP contribution in [0.1, 0.15) is 31.2 Å². The Balaban J connectivity index is 2.06. The van der Waals surface area contributed by atoms with Crippen LogP contribution in [0, 0.1) is 13.8 Å². The average Bonchev–Trinajstić information content (AvgIpc) is 2.94. The van der Waals surface area contributed by atoms with Crippen molar-refractivity contribution in [3.63, 3.8) is 0 Å². The highest BCUT2D eigenvalue weighted by Crippen LogP contribution is 2.29. The van der Waals surface area contributed by atoms with Gasteiger partial charge in [0.1, 0.15) is 11.5 Å². The van der Waals surface area contributed by atoms with E-state index < -0.39 is 10.0 Å². The molecule has 0 aliphatic heterocycles. The lowest BCUT2D eigenvalue weighted by Crippen LogP contribution is -2.18. The minimum atomic E-state index is -3.58. The van der Waals surface area contributed by atoms with Crippen molar-refractivity contribution in [2.75, 3.05) is 10.5 Å². The first kappa shape index (κ1) is 22.5. The van der Waals surface area contributed by atoms with Crippen LogP contribution in [-0.2, 0) is 24.1 Å². The largest absolute Gasteiger partial charge is 0.420 e. The quantitative estimate of drug-likeness (QED) is 0.564. The summed E-state index contributed by atoms with van der Waals surface area (Å²) in [5.41, 5.74) is 2.28. The third kappa shape index (κ3) is 5.29. The van der Waals surface area contributed by atoms with Gasteiger partial charge in [-0.05, 0) is 26.3 Å². The monoisotopic (exact) mass is 446 g/mol. The van der Waals surface area contributed by atoms with Crippen molar-refractivity contribution in [3.8, 4) is 23.0 Å². The van der Waals surface area contributed by atoms with E-state index in [1.165, 1.54) is 16.7 Å². The van der Waals surface area contributed by atoms with Gasteiger partial charge >= 0.3 is 6.01 Å². The smallest absolute Gasteiger partial charge is 0.324 e. The van der Waals surface area contributed by atoms with Gasteiger partial charge in [0.05, 0.1) is 17.1 Å². The zero-order chi connectivity index (χ0) is 22.8. The fourth-order valence-corrected chi connectivity index (χ4v) is 4.15. The number of aryl methyl sites for hydroxylation is 3. The number of rotatable bonds is 8. The lowest BCUT2D eigenvalue weighted by atomic mass is 10.2. The summed E-state index contributed by atoms with van der Waals surface area (Å²) in [6.07, 6.45) is 2.90. The maximum absolute atomic E-state index is 12.4. The second kappa shape index (κ2) is 8.88. The van der Waals surface area contributed by atoms with E-state index in [-0.39, 0.29) is 23.1 Å². The number of anilines is 1. The Kier molecular flexibility index (Phi) is 6.44. The maximum Gasteiger partial charge on any atom is 0.324 e. The van der Waals surface area contributed by atoms with Gasteiger partial charge in [0, 0.05) is 38.0 Å². The van der Waals surface area contributed by atoms with Gasteiger partial charge in [-0.2, -0.15) is 15.1 Å². The standard InChI is InChI=1S/C20H26N6O4S/c1-6-7-10-31(28,29)24-17-11-16(15-8-9-18(27)25(4)12-15)21-20(22-17)30-19-13(2)23-26(5)14(19)3/h8-9,11-12H,6-7,10H2,1-5H3,(H,21,22,24). The molecule has 0 aliphatic carbocycles. The molecule has 0 aliphatic rings. The third-order valence-electron chi connectivity index (χ3n) is 4.75. The molecule has 11 heteroatoms. The van der Waals surface area contributed by atoms with Crippen LogP contribution in [-0.4, -0.2) is 38.5 Å². The van der Waals surface area contributed by atoms with Crippen LogP contribution in [0.5, 0.6) is 11.8 Å². The summed E-state index contributed by atoms with van der Waals surface area (Å²) in [4.78, 5) is 20.4. The number of unbranched alkanes of at least 4 members (excludes halogenated alkanes) is 1. The molecular weight excluding hydrogens is 420 g/mol. The number of aromatic nitrogens is 5. The lowest BCUT2D eigenvalue weighted by Gasteiger charge is -2.12. The van der Waals surface area contributed by atoms with E-state index in [1.54, 1.807) is 38.0 Å². The molecule has 0 bridgehead atoms. The molecule has 3 rings (SSSR count). The Morgan fingerprint density at radius 1 is 1.16 bits per heavy atom. The van der Waals surface area contributed by atoms with Gasteiger partial charge in [-0.15, -0.1) is 0 Å². The number of hydrogen-bond donors (Lipinski definition) is 1. The highest BCUT2D eigenvalue weighted by atomic mass is 32.2. The van der Waals surface area contributed by atoms with Crippen LogP contribution in [0.3, 0.4) is 0 Å². The predicted molar refractivity (Wildman–Crippen MR) is 118 cm³/mol. The zero-order valence-corrected chi connectivity index (χ0v) is 19.0. The molecule has 166 valence electrons. The summed E-state index contributed by atoms with van der Waals surface area (Å²) >= 11 is 0. The summed E-state index contributed by atoms with van der Waals surface area (Å²) in [6.45, 7) is 5.57. The highest BCUT2D eigenvalue weighted by Gasteiger charge is 2.18. The molecule has 3 aromatic rings. The van der Waals surface area contributed by atoms with Crippen molar-refractivity contribution < 1.29 is 13.2 Å². The summed E-state index contributed by atoms with van der Waals surface area (Å²) in [6, 6.07) is 4.51. The minimum absolute atomic E-state index is 0.0142. The summed E-state index contributed by atoms with van der Waals surface area (Å²) in [5.74, 6) is 0.573. The molecular formula is C20H26N6O4S. The molecule has 0 radical (unpaired) electrons. The van der Waals surface area contributed by atoms with Crippen molar-refractivity contribution in [1.82, 2.24) is 24.3 Å². The molecule has 31 heavy (non-hydrogen) atoms. The van der Waals surface area contributed by atoms with E-state index >= 15 is 0 Å². The molecule has 0 saturated carbocycles. The fraction of sp³-hybridized carbons (Fsp3) is 0.400. The Morgan fingerprint density at radius 3 is 2.52 bits per heavy atom. The minimum Gasteiger partial charge on any atom is -0.420 e. The van der Waals surface area contributed by atoms with Crippen LogP contribution in [0.15, 0.2) is 29.2 Å². The van der Waals surface area contributed by atoms with Crippen LogP contribution < -0.4 is 15.0 Å². The molecule has 3 heterocycles. The van der Waals surface area contributed by atoms with Crippen molar-refractivity contribution in [3.05, 3.63) is 46.1 Å². The second-order valence-corrected chi connectivity index (χ2v) is 9.13. The van der Waals surface area contributed by atoms with Gasteiger partial charge in [-0.3, -0.25) is 14.2 Å². The Hall–Kier alpha value is -3.21. The highest BCUT2D eigenvalue weighted by molar-refractivity contribution is 7.92. The maximum atomic E-state index is 12.4. The van der Waals surface area contributed by atoms with Gasteiger partial charge in [0.15, 0.2) is 5.75 Å². The van der Waals surface area contributed by atoms with Crippen molar-refractivity contribution in [2.24, 2.45) is 14.1 Å². The Morgan fingerprint density at radius 2 is 1.90 bits per heavy atom. The van der Waals surface area contributed by atoms with E-state index in [0.717, 1.165) is 12.1 Å². The zero-order valence-electron chi connectivity index (χ0n) is 18.2. The molecule has 1 N–H and O–H groups in total. The SMILES string of the molecule is CCCCS(=O)(=O)Nc1cc(-c2ccc(=O)n(C)c2)nc(Oc2c(C)nn(C)c2C)n1. The normalized spacial score (nSPS) is 11.5. The van der Waals surface area contributed by atoms with Crippen molar-refractivity contribution >= 4 is 15.8 Å². The average molecular weight is 447 g/mol.